The first-order chi connectivity index (χ1) is 9.49. The first kappa shape index (κ1) is 13.9. The van der Waals surface area contributed by atoms with Crippen molar-refractivity contribution in [1.82, 2.24) is 15.0 Å². The molecule has 2 aromatic heterocycles. The van der Waals surface area contributed by atoms with Crippen LogP contribution in [0.2, 0.25) is 5.02 Å². The number of hydrogen-bond acceptors (Lipinski definition) is 5. The van der Waals surface area contributed by atoms with Crippen molar-refractivity contribution in [2.24, 2.45) is 0 Å². The molecule has 0 bridgehead atoms. The van der Waals surface area contributed by atoms with Crippen LogP contribution in [0, 0.1) is 6.92 Å². The molecule has 102 valence electrons. The molecule has 0 fully saturated rings. The van der Waals surface area contributed by atoms with E-state index in [1.54, 1.807) is 6.92 Å². The summed E-state index contributed by atoms with van der Waals surface area (Å²) < 4.78 is 0. The number of aryl methyl sites for hydroxylation is 1. The minimum Gasteiger partial charge on any atom is -0.476 e. The molecule has 2 N–H and O–H groups in total. The summed E-state index contributed by atoms with van der Waals surface area (Å²) in [6.07, 6.45) is 3.81. The Morgan fingerprint density at radius 1 is 1.25 bits per heavy atom. The summed E-state index contributed by atoms with van der Waals surface area (Å²) in [6.45, 7) is 1.73. The second-order valence-corrected chi connectivity index (χ2v) is 4.23. The van der Waals surface area contributed by atoms with Gasteiger partial charge in [-0.05, 0) is 13.0 Å². The Hall–Kier alpha value is -2.54. The number of carbonyl (C=O) groups is 2. The number of carbonyl (C=O) groups excluding carboxylic acids is 1. The van der Waals surface area contributed by atoms with Gasteiger partial charge < -0.3 is 10.4 Å². The van der Waals surface area contributed by atoms with Crippen LogP contribution in [0.5, 0.6) is 0 Å². The number of carboxylic acids is 1. The zero-order valence-corrected chi connectivity index (χ0v) is 11.0. The third kappa shape index (κ3) is 2.89. The highest BCUT2D eigenvalue weighted by Crippen LogP contribution is 2.18. The molecule has 2 rings (SSSR count). The van der Waals surface area contributed by atoms with Gasteiger partial charge in [0.25, 0.3) is 5.91 Å². The van der Waals surface area contributed by atoms with Crippen LogP contribution in [0.25, 0.3) is 0 Å². The molecular weight excluding hydrogens is 284 g/mol. The Labute approximate surface area is 118 Å². The Balaban J connectivity index is 2.30. The molecule has 0 saturated carbocycles. The largest absolute Gasteiger partial charge is 0.476 e. The quantitative estimate of drug-likeness (QED) is 0.893. The van der Waals surface area contributed by atoms with E-state index in [9.17, 15) is 9.59 Å². The van der Waals surface area contributed by atoms with Gasteiger partial charge in [0.2, 0.25) is 0 Å². The van der Waals surface area contributed by atoms with Crippen molar-refractivity contribution in [1.29, 1.82) is 0 Å². The van der Waals surface area contributed by atoms with Crippen LogP contribution < -0.4 is 5.32 Å². The van der Waals surface area contributed by atoms with Crippen molar-refractivity contribution in [3.8, 4) is 0 Å². The van der Waals surface area contributed by atoms with E-state index in [2.05, 4.69) is 20.3 Å². The van der Waals surface area contributed by atoms with E-state index in [1.165, 1.54) is 24.7 Å². The van der Waals surface area contributed by atoms with Gasteiger partial charge in [0.15, 0.2) is 11.5 Å². The van der Waals surface area contributed by atoms with Crippen LogP contribution in [0.4, 0.5) is 5.82 Å². The summed E-state index contributed by atoms with van der Waals surface area (Å²) in [5, 5.41) is 11.5. The van der Waals surface area contributed by atoms with E-state index in [4.69, 9.17) is 16.7 Å². The maximum absolute atomic E-state index is 12.0. The highest BCUT2D eigenvalue weighted by Gasteiger charge is 2.17. The number of halogens is 1. The minimum atomic E-state index is -1.29. The first-order valence-corrected chi connectivity index (χ1v) is 5.84. The average molecular weight is 293 g/mol. The number of anilines is 1. The van der Waals surface area contributed by atoms with E-state index >= 15 is 0 Å². The molecule has 20 heavy (non-hydrogen) atoms. The lowest BCUT2D eigenvalue weighted by Gasteiger charge is -2.07. The Kier molecular flexibility index (Phi) is 3.90. The molecule has 7 nitrogen and oxygen atoms in total. The standard InChI is InChI=1S/C12H9ClN4O3/c1-6-4-8(13)7(5-16-6)11(18)17-10-9(12(19)20)14-2-3-15-10/h2-5H,1H3,(H,19,20)(H,15,17,18). The van der Waals surface area contributed by atoms with E-state index in [0.717, 1.165) is 0 Å². The SMILES string of the molecule is Cc1cc(Cl)c(C(=O)Nc2nccnc2C(=O)O)cn1. The second kappa shape index (κ2) is 5.62. The van der Waals surface area contributed by atoms with E-state index in [0.29, 0.717) is 5.69 Å². The molecule has 0 spiro atoms. The smallest absolute Gasteiger partial charge is 0.358 e. The fourth-order valence-corrected chi connectivity index (χ4v) is 1.75. The molecule has 0 aliphatic heterocycles. The van der Waals surface area contributed by atoms with E-state index < -0.39 is 11.9 Å². The zero-order chi connectivity index (χ0) is 14.7. The number of amides is 1. The molecule has 0 aliphatic rings. The maximum Gasteiger partial charge on any atom is 0.358 e. The maximum atomic E-state index is 12.0. The number of aromatic nitrogens is 3. The minimum absolute atomic E-state index is 0.124. The molecule has 8 heteroatoms. The average Bonchev–Trinajstić information content (AvgIpc) is 2.38. The van der Waals surface area contributed by atoms with E-state index in [-0.39, 0.29) is 22.1 Å². The van der Waals surface area contributed by atoms with Crippen molar-refractivity contribution >= 4 is 29.3 Å². The molecule has 0 aliphatic carbocycles. The van der Waals surface area contributed by atoms with Crippen molar-refractivity contribution in [3.63, 3.8) is 0 Å². The lowest BCUT2D eigenvalue weighted by atomic mass is 10.2. The molecule has 0 saturated heterocycles. The van der Waals surface area contributed by atoms with E-state index in [1.807, 2.05) is 0 Å². The van der Waals surface area contributed by atoms with Gasteiger partial charge in [0.05, 0.1) is 10.6 Å². The Bertz CT molecular complexity index is 690. The third-order valence-corrected chi connectivity index (χ3v) is 2.68. The molecular formula is C12H9ClN4O3. The number of nitrogens with one attached hydrogen (secondary N) is 1. The Morgan fingerprint density at radius 2 is 1.95 bits per heavy atom. The summed E-state index contributed by atoms with van der Waals surface area (Å²) in [5.41, 5.74) is 0.438. The van der Waals surface area contributed by atoms with Crippen molar-refractivity contribution in [2.45, 2.75) is 6.92 Å². The van der Waals surface area contributed by atoms with Gasteiger partial charge in [-0.25, -0.2) is 14.8 Å². The fraction of sp³-hybridized carbons (Fsp3) is 0.0833. The first-order valence-electron chi connectivity index (χ1n) is 5.47. The predicted octanol–water partition coefficient (Wildman–Crippen LogP) is 1.78. The molecule has 0 aromatic carbocycles. The lowest BCUT2D eigenvalue weighted by molar-refractivity contribution is 0.0691. The molecule has 0 unspecified atom stereocenters. The topological polar surface area (TPSA) is 105 Å². The number of hydrogen-bond donors (Lipinski definition) is 2. The number of rotatable bonds is 3. The normalized spacial score (nSPS) is 10.1. The van der Waals surface area contributed by atoms with Crippen molar-refractivity contribution < 1.29 is 14.7 Å². The van der Waals surface area contributed by atoms with Gasteiger partial charge >= 0.3 is 5.97 Å². The summed E-state index contributed by atoms with van der Waals surface area (Å²) in [4.78, 5) is 34.4. The Morgan fingerprint density at radius 3 is 2.60 bits per heavy atom. The monoisotopic (exact) mass is 292 g/mol. The van der Waals surface area contributed by atoms with Gasteiger partial charge in [0.1, 0.15) is 0 Å². The van der Waals surface area contributed by atoms with Gasteiger partial charge in [-0.2, -0.15) is 0 Å². The van der Waals surface area contributed by atoms with Crippen molar-refractivity contribution in [2.75, 3.05) is 5.32 Å². The summed E-state index contributed by atoms with van der Waals surface area (Å²) in [5.74, 6) is -2.05. The van der Waals surface area contributed by atoms with Crippen molar-refractivity contribution in [3.05, 3.63) is 46.6 Å². The summed E-state index contributed by atoms with van der Waals surface area (Å²) in [7, 11) is 0. The highest BCUT2D eigenvalue weighted by atomic mass is 35.5. The highest BCUT2D eigenvalue weighted by molar-refractivity contribution is 6.34. The van der Waals surface area contributed by atoms with Gasteiger partial charge in [-0.15, -0.1) is 0 Å². The van der Waals surface area contributed by atoms with Gasteiger partial charge in [-0.3, -0.25) is 9.78 Å². The van der Waals surface area contributed by atoms with Crippen LogP contribution in [0.15, 0.2) is 24.7 Å². The van der Waals surface area contributed by atoms with Gasteiger partial charge in [0, 0.05) is 24.3 Å². The molecule has 1 amide bonds. The molecule has 0 atom stereocenters. The van der Waals surface area contributed by atoms with Crippen LogP contribution in [-0.4, -0.2) is 31.9 Å². The number of carboxylic acid groups (broad SMARTS) is 1. The number of aromatic carboxylic acids is 1. The molecule has 0 radical (unpaired) electrons. The van der Waals surface area contributed by atoms with Crippen LogP contribution in [0.1, 0.15) is 26.5 Å². The second-order valence-electron chi connectivity index (χ2n) is 3.82. The predicted molar refractivity (Wildman–Crippen MR) is 70.9 cm³/mol. The lowest BCUT2D eigenvalue weighted by Crippen LogP contribution is -2.17. The molecule has 2 heterocycles. The van der Waals surface area contributed by atoms with Crippen LogP contribution in [-0.2, 0) is 0 Å². The zero-order valence-electron chi connectivity index (χ0n) is 10.3. The van der Waals surface area contributed by atoms with Crippen LogP contribution >= 0.6 is 11.6 Å². The summed E-state index contributed by atoms with van der Waals surface area (Å²) >= 11 is 5.94. The van der Waals surface area contributed by atoms with Gasteiger partial charge in [-0.1, -0.05) is 11.6 Å². The fourth-order valence-electron chi connectivity index (χ4n) is 1.45. The third-order valence-electron chi connectivity index (χ3n) is 2.37. The number of nitrogens with zero attached hydrogens (tertiary/aromatic N) is 3. The molecule has 2 aromatic rings. The number of pyridine rings is 1. The van der Waals surface area contributed by atoms with Crippen LogP contribution in [0.3, 0.4) is 0 Å². The summed E-state index contributed by atoms with van der Waals surface area (Å²) in [6, 6.07) is 1.53.